The minimum atomic E-state index is -1.48. The molecule has 2 aromatic heterocycles. The molecule has 2 aromatic carbocycles. The maximum atomic E-state index is 14.8. The molecule has 3 N–H and O–H groups in total. The van der Waals surface area contributed by atoms with Crippen LogP contribution in [0.5, 0.6) is 0 Å². The summed E-state index contributed by atoms with van der Waals surface area (Å²) in [5.74, 6) is -1.79. The van der Waals surface area contributed by atoms with Gasteiger partial charge >= 0.3 is 0 Å². The predicted octanol–water partition coefficient (Wildman–Crippen LogP) is 3.35. The number of amides is 1. The number of hydrogen-bond donors (Lipinski definition) is 3. The highest BCUT2D eigenvalue weighted by Gasteiger charge is 2.26. The summed E-state index contributed by atoms with van der Waals surface area (Å²) in [5, 5.41) is 23.5. The summed E-state index contributed by atoms with van der Waals surface area (Å²) >= 11 is 0. The molecule has 0 fully saturated rings. The van der Waals surface area contributed by atoms with E-state index >= 15 is 0 Å². The minimum Gasteiger partial charge on any atom is -0.388 e. The van der Waals surface area contributed by atoms with Crippen LogP contribution in [0.3, 0.4) is 0 Å². The molecule has 10 heteroatoms. The van der Waals surface area contributed by atoms with Crippen molar-refractivity contribution >= 4 is 5.91 Å². The lowest BCUT2D eigenvalue weighted by Gasteiger charge is -2.23. The number of aromatic amines is 1. The van der Waals surface area contributed by atoms with E-state index in [9.17, 15) is 23.1 Å². The molecule has 0 aliphatic carbocycles. The lowest BCUT2D eigenvalue weighted by Crippen LogP contribution is -2.47. The van der Waals surface area contributed by atoms with Crippen molar-refractivity contribution in [2.45, 2.75) is 18.7 Å². The molecule has 2 heterocycles. The Hall–Kier alpha value is -3.92. The van der Waals surface area contributed by atoms with Crippen LogP contribution in [-0.2, 0) is 6.54 Å². The number of aromatic nitrogens is 4. The number of carbonyl (C=O) groups is 1. The highest BCUT2D eigenvalue weighted by molar-refractivity contribution is 6.01. The number of halogens is 3. The monoisotopic (exact) mass is 455 g/mol. The summed E-state index contributed by atoms with van der Waals surface area (Å²) in [6.45, 7) is -1.06. The van der Waals surface area contributed by atoms with Crippen molar-refractivity contribution in [1.29, 1.82) is 0 Å². The molecule has 33 heavy (non-hydrogen) atoms. The molecule has 0 saturated carbocycles. The highest BCUT2D eigenvalue weighted by atomic mass is 19.1. The molecule has 0 unspecified atom stereocenters. The van der Waals surface area contributed by atoms with Crippen LogP contribution in [0.25, 0.3) is 22.5 Å². The van der Waals surface area contributed by atoms with Crippen LogP contribution in [0.4, 0.5) is 13.2 Å². The van der Waals surface area contributed by atoms with Gasteiger partial charge in [-0.05, 0) is 54.1 Å². The first kappa shape index (κ1) is 22.3. The quantitative estimate of drug-likeness (QED) is 0.380. The van der Waals surface area contributed by atoms with E-state index in [4.69, 9.17) is 0 Å². The average molecular weight is 455 g/mol. The smallest absolute Gasteiger partial charge is 0.252 e. The van der Waals surface area contributed by atoms with Crippen molar-refractivity contribution < 1.29 is 23.1 Å². The van der Waals surface area contributed by atoms with Gasteiger partial charge in [-0.2, -0.15) is 10.2 Å². The molecule has 0 saturated heterocycles. The number of carbonyl (C=O) groups excluding carboxylic acids is 1. The van der Waals surface area contributed by atoms with E-state index in [0.29, 0.717) is 11.3 Å². The average Bonchev–Trinajstić information content (AvgIpc) is 3.51. The third-order valence-electron chi connectivity index (χ3n) is 5.13. The third-order valence-corrected chi connectivity index (χ3v) is 5.13. The Morgan fingerprint density at radius 2 is 1.94 bits per heavy atom. The fraction of sp³-hybridized carbons (Fsp3) is 0.174. The summed E-state index contributed by atoms with van der Waals surface area (Å²) in [6, 6.07) is 11.8. The van der Waals surface area contributed by atoms with Crippen molar-refractivity contribution in [1.82, 2.24) is 25.3 Å². The number of aliphatic hydroxyl groups is 1. The van der Waals surface area contributed by atoms with Gasteiger partial charge in [-0.25, -0.2) is 13.2 Å². The van der Waals surface area contributed by atoms with Gasteiger partial charge in [0, 0.05) is 12.4 Å². The first-order valence-corrected chi connectivity index (χ1v) is 10.1. The van der Waals surface area contributed by atoms with E-state index in [2.05, 4.69) is 20.6 Å². The second-order valence-corrected chi connectivity index (χ2v) is 7.37. The van der Waals surface area contributed by atoms with Crippen LogP contribution in [0.15, 0.2) is 67.0 Å². The zero-order valence-corrected chi connectivity index (χ0v) is 17.3. The molecule has 4 aromatic rings. The summed E-state index contributed by atoms with van der Waals surface area (Å²) in [5.41, 5.74) is 1.19. The lowest BCUT2D eigenvalue weighted by atomic mass is 10.0. The Morgan fingerprint density at radius 1 is 1.15 bits per heavy atom. The third kappa shape index (κ3) is 4.96. The van der Waals surface area contributed by atoms with Gasteiger partial charge < -0.3 is 10.4 Å². The molecular weight excluding hydrogens is 435 g/mol. The number of aliphatic hydroxyl groups excluding tert-OH is 1. The van der Waals surface area contributed by atoms with Gasteiger partial charge in [0.1, 0.15) is 24.4 Å². The SMILES string of the molecule is O=C(N[C@H](Cn1cccn1)[C@@H](O)CF)c1cccc(F)c1-c1cc(-c2ccc(F)cc2)[nH]n1. The number of benzene rings is 2. The number of alkyl halides is 1. The number of nitrogens with one attached hydrogen (secondary N) is 2. The maximum Gasteiger partial charge on any atom is 0.252 e. The van der Waals surface area contributed by atoms with E-state index in [0.717, 1.165) is 0 Å². The van der Waals surface area contributed by atoms with Crippen molar-refractivity contribution in [2.75, 3.05) is 6.67 Å². The fourth-order valence-corrected chi connectivity index (χ4v) is 3.43. The van der Waals surface area contributed by atoms with Gasteiger partial charge in [0.2, 0.25) is 0 Å². The van der Waals surface area contributed by atoms with Gasteiger partial charge in [-0.1, -0.05) is 6.07 Å². The molecule has 0 spiro atoms. The van der Waals surface area contributed by atoms with Gasteiger partial charge in [0.05, 0.1) is 35.1 Å². The lowest BCUT2D eigenvalue weighted by molar-refractivity contribution is 0.0719. The van der Waals surface area contributed by atoms with Crippen molar-refractivity contribution in [3.63, 3.8) is 0 Å². The Kier molecular flexibility index (Phi) is 6.55. The van der Waals surface area contributed by atoms with Gasteiger partial charge in [0.25, 0.3) is 5.91 Å². The normalized spacial score (nSPS) is 13.0. The molecule has 0 aliphatic heterocycles. The molecule has 2 atom stereocenters. The predicted molar refractivity (Wildman–Crippen MR) is 115 cm³/mol. The second-order valence-electron chi connectivity index (χ2n) is 7.37. The summed E-state index contributed by atoms with van der Waals surface area (Å²) in [7, 11) is 0. The fourth-order valence-electron chi connectivity index (χ4n) is 3.43. The van der Waals surface area contributed by atoms with Gasteiger partial charge in [-0.3, -0.25) is 14.6 Å². The number of hydrogen-bond acceptors (Lipinski definition) is 4. The maximum absolute atomic E-state index is 14.8. The van der Waals surface area contributed by atoms with E-state index in [1.54, 1.807) is 30.5 Å². The van der Waals surface area contributed by atoms with E-state index in [1.807, 2.05) is 0 Å². The van der Waals surface area contributed by atoms with Crippen LogP contribution in [0.2, 0.25) is 0 Å². The van der Waals surface area contributed by atoms with Crippen LogP contribution < -0.4 is 5.32 Å². The first-order valence-electron chi connectivity index (χ1n) is 10.1. The number of nitrogens with zero attached hydrogens (tertiary/aromatic N) is 3. The standard InChI is InChI=1S/C23H20F3N5O2/c24-12-21(32)20(13-31-10-2-9-27-31)28-23(33)16-3-1-4-17(26)22(16)19-11-18(29-30-19)14-5-7-15(25)8-6-14/h1-11,20-21,32H,12-13H2,(H,28,33)(H,29,30)/t20-,21+/m1/s1. The largest absolute Gasteiger partial charge is 0.388 e. The molecule has 1 amide bonds. The number of rotatable bonds is 8. The Labute approximate surface area is 186 Å². The van der Waals surface area contributed by atoms with Gasteiger partial charge in [-0.15, -0.1) is 0 Å². The highest BCUT2D eigenvalue weighted by Crippen LogP contribution is 2.29. The van der Waals surface area contributed by atoms with Gasteiger partial charge in [0.15, 0.2) is 0 Å². The molecular formula is C23H20F3N5O2. The molecule has 0 bridgehead atoms. The molecule has 0 aliphatic rings. The number of H-pyrrole nitrogens is 1. The summed E-state index contributed by atoms with van der Waals surface area (Å²) in [6.07, 6.45) is 1.64. The van der Waals surface area contributed by atoms with Crippen molar-refractivity contribution in [3.8, 4) is 22.5 Å². The topological polar surface area (TPSA) is 95.8 Å². The molecule has 0 radical (unpaired) electrons. The Bertz CT molecular complexity index is 1230. The first-order chi connectivity index (χ1) is 16.0. The van der Waals surface area contributed by atoms with Crippen LogP contribution in [-0.4, -0.2) is 49.8 Å². The minimum absolute atomic E-state index is 0.0194. The van der Waals surface area contributed by atoms with E-state index in [-0.39, 0.29) is 23.4 Å². The summed E-state index contributed by atoms with van der Waals surface area (Å²) < 4.78 is 42.7. The Balaban J connectivity index is 1.63. The molecule has 170 valence electrons. The Morgan fingerprint density at radius 3 is 2.64 bits per heavy atom. The van der Waals surface area contributed by atoms with E-state index in [1.165, 1.54) is 41.2 Å². The van der Waals surface area contributed by atoms with Crippen LogP contribution >= 0.6 is 0 Å². The second kappa shape index (κ2) is 9.70. The van der Waals surface area contributed by atoms with E-state index < -0.39 is 36.4 Å². The zero-order chi connectivity index (χ0) is 23.4. The van der Waals surface area contributed by atoms with Crippen LogP contribution in [0.1, 0.15) is 10.4 Å². The van der Waals surface area contributed by atoms with Crippen molar-refractivity contribution in [3.05, 3.63) is 84.2 Å². The summed E-state index contributed by atoms with van der Waals surface area (Å²) in [4.78, 5) is 13.0. The zero-order valence-electron chi connectivity index (χ0n) is 17.3. The molecule has 4 rings (SSSR count). The van der Waals surface area contributed by atoms with Crippen LogP contribution in [0, 0.1) is 11.6 Å². The van der Waals surface area contributed by atoms with Crippen molar-refractivity contribution in [2.24, 2.45) is 0 Å². The molecule has 7 nitrogen and oxygen atoms in total.